The lowest BCUT2D eigenvalue weighted by Gasteiger charge is -2.16. The van der Waals surface area contributed by atoms with Crippen molar-refractivity contribution in [3.63, 3.8) is 0 Å². The molecule has 2 heteroatoms. The number of hydrogen-bond donors (Lipinski definition) is 2. The first-order valence-electron chi connectivity index (χ1n) is 14.5. The van der Waals surface area contributed by atoms with Crippen molar-refractivity contribution in [1.29, 1.82) is 0 Å². The van der Waals surface area contributed by atoms with Crippen LogP contribution in [0.25, 0.3) is 0 Å². The molecule has 0 radical (unpaired) electrons. The molecule has 0 fully saturated rings. The highest BCUT2D eigenvalue weighted by Crippen LogP contribution is 2.15. The maximum atomic E-state index is 3.57. The van der Waals surface area contributed by atoms with Crippen LogP contribution in [0.2, 0.25) is 0 Å². The molecule has 0 saturated carbocycles. The number of allylic oxidation sites excluding steroid dienone is 2. The predicted octanol–water partition coefficient (Wildman–Crippen LogP) is 9.67. The maximum absolute atomic E-state index is 3.57. The molecule has 0 aromatic carbocycles. The smallest absolute Gasteiger partial charge is 0.0227 e. The Balaban J connectivity index is 3.41. The van der Waals surface area contributed by atoms with Crippen molar-refractivity contribution in [1.82, 2.24) is 10.6 Å². The van der Waals surface area contributed by atoms with Crippen LogP contribution in [-0.4, -0.2) is 12.6 Å². The third-order valence-electron chi connectivity index (χ3n) is 6.54. The van der Waals surface area contributed by atoms with E-state index in [0.717, 1.165) is 12.5 Å². The molecule has 0 aliphatic heterocycles. The third kappa shape index (κ3) is 25.3. The van der Waals surface area contributed by atoms with Gasteiger partial charge in [-0.15, -0.1) is 0 Å². The van der Waals surface area contributed by atoms with E-state index in [1.165, 1.54) is 122 Å². The van der Waals surface area contributed by atoms with Crippen molar-refractivity contribution in [3.8, 4) is 0 Å². The second-order valence-corrected chi connectivity index (χ2v) is 10.1. The number of hydrogen-bond acceptors (Lipinski definition) is 2. The molecule has 0 aromatic heterocycles. The van der Waals surface area contributed by atoms with Gasteiger partial charge in [0.2, 0.25) is 0 Å². The Bertz CT molecular complexity index is 402. The molecule has 0 bridgehead atoms. The van der Waals surface area contributed by atoms with Gasteiger partial charge < -0.3 is 10.6 Å². The van der Waals surface area contributed by atoms with Crippen molar-refractivity contribution in [2.45, 2.75) is 156 Å². The van der Waals surface area contributed by atoms with E-state index in [-0.39, 0.29) is 0 Å². The van der Waals surface area contributed by atoms with Gasteiger partial charge in [0.05, 0.1) is 0 Å². The Kier molecular flexibility index (Phi) is 25.6. The van der Waals surface area contributed by atoms with E-state index in [2.05, 4.69) is 62.9 Å². The summed E-state index contributed by atoms with van der Waals surface area (Å²) in [6, 6.07) is 0.594. The molecule has 0 spiro atoms. The van der Waals surface area contributed by atoms with E-state index in [4.69, 9.17) is 0 Å². The van der Waals surface area contributed by atoms with Crippen LogP contribution >= 0.6 is 0 Å². The van der Waals surface area contributed by atoms with Gasteiger partial charge in [0.1, 0.15) is 0 Å². The third-order valence-corrected chi connectivity index (χ3v) is 6.54. The molecule has 0 amide bonds. The van der Waals surface area contributed by atoms with Crippen molar-refractivity contribution >= 4 is 0 Å². The molecule has 2 N–H and O–H groups in total. The van der Waals surface area contributed by atoms with E-state index in [0.29, 0.717) is 6.04 Å². The highest BCUT2D eigenvalue weighted by molar-refractivity contribution is 4.82. The maximum Gasteiger partial charge on any atom is 0.0227 e. The SMILES string of the molecule is CCCCCCCC/C=C/NCCCCC(C)CCC(C)N/C=C/CCCCCCCC. The lowest BCUT2D eigenvalue weighted by molar-refractivity contribution is 0.421. The fourth-order valence-electron chi connectivity index (χ4n) is 4.13. The van der Waals surface area contributed by atoms with E-state index in [1.54, 1.807) is 0 Å². The standard InChI is InChI=1S/C30H60N2/c1-5-7-9-11-13-15-17-20-26-31-27-22-19-23-29(3)24-25-30(4)32-28-21-18-16-14-12-10-8-6-2/h20-21,26,28-32H,5-19,22-25,27H2,1-4H3/b26-20+,28-21+. The van der Waals surface area contributed by atoms with Gasteiger partial charge >= 0.3 is 0 Å². The number of unbranched alkanes of at least 4 members (excludes halogenated alkanes) is 13. The molecule has 32 heavy (non-hydrogen) atoms. The molecular weight excluding hydrogens is 388 g/mol. The summed E-state index contributed by atoms with van der Waals surface area (Å²) in [6.07, 6.45) is 34.7. The van der Waals surface area contributed by atoms with Crippen LogP contribution < -0.4 is 10.6 Å². The summed E-state index contributed by atoms with van der Waals surface area (Å²) in [5.74, 6) is 0.842. The van der Waals surface area contributed by atoms with Crippen molar-refractivity contribution in [3.05, 3.63) is 24.6 Å². The van der Waals surface area contributed by atoms with Gasteiger partial charge in [0, 0.05) is 12.6 Å². The van der Waals surface area contributed by atoms with Crippen molar-refractivity contribution in [2.75, 3.05) is 6.54 Å². The summed E-state index contributed by atoms with van der Waals surface area (Å²) >= 11 is 0. The van der Waals surface area contributed by atoms with Gasteiger partial charge in [0.25, 0.3) is 0 Å². The Labute approximate surface area is 203 Å². The first kappa shape index (κ1) is 31.1. The van der Waals surface area contributed by atoms with Gasteiger partial charge in [-0.05, 0) is 70.2 Å². The minimum Gasteiger partial charge on any atom is -0.391 e. The Morgan fingerprint density at radius 1 is 0.562 bits per heavy atom. The summed E-state index contributed by atoms with van der Waals surface area (Å²) in [6.45, 7) is 10.4. The highest BCUT2D eigenvalue weighted by atomic mass is 14.9. The van der Waals surface area contributed by atoms with Gasteiger partial charge in [0.15, 0.2) is 0 Å². The largest absolute Gasteiger partial charge is 0.391 e. The van der Waals surface area contributed by atoms with E-state index in [9.17, 15) is 0 Å². The van der Waals surface area contributed by atoms with Crippen LogP contribution in [0.5, 0.6) is 0 Å². The molecule has 0 aliphatic carbocycles. The summed E-state index contributed by atoms with van der Waals surface area (Å²) in [5.41, 5.74) is 0. The summed E-state index contributed by atoms with van der Waals surface area (Å²) in [7, 11) is 0. The van der Waals surface area contributed by atoms with Gasteiger partial charge in [-0.25, -0.2) is 0 Å². The molecule has 2 nitrogen and oxygen atoms in total. The van der Waals surface area contributed by atoms with Crippen LogP contribution in [0.1, 0.15) is 150 Å². The Morgan fingerprint density at radius 2 is 1.12 bits per heavy atom. The predicted molar refractivity (Wildman–Crippen MR) is 147 cm³/mol. The van der Waals surface area contributed by atoms with Gasteiger partial charge in [-0.3, -0.25) is 0 Å². The molecule has 0 aliphatic rings. The van der Waals surface area contributed by atoms with Gasteiger partial charge in [-0.2, -0.15) is 0 Å². The Morgan fingerprint density at radius 3 is 1.75 bits per heavy atom. The zero-order valence-electron chi connectivity index (χ0n) is 22.6. The molecule has 0 aromatic rings. The fourth-order valence-corrected chi connectivity index (χ4v) is 4.13. The van der Waals surface area contributed by atoms with Crippen molar-refractivity contribution < 1.29 is 0 Å². The van der Waals surface area contributed by atoms with Gasteiger partial charge in [-0.1, -0.05) is 110 Å². The first-order chi connectivity index (χ1) is 15.7. The molecule has 190 valence electrons. The summed E-state index contributed by atoms with van der Waals surface area (Å²) in [5, 5.41) is 7.04. The second-order valence-electron chi connectivity index (χ2n) is 10.1. The summed E-state index contributed by atoms with van der Waals surface area (Å²) < 4.78 is 0. The molecule has 2 atom stereocenters. The van der Waals surface area contributed by atoms with Crippen molar-refractivity contribution in [2.24, 2.45) is 5.92 Å². The lowest BCUT2D eigenvalue weighted by Crippen LogP contribution is -2.20. The second kappa shape index (κ2) is 26.3. The average molecular weight is 449 g/mol. The highest BCUT2D eigenvalue weighted by Gasteiger charge is 2.05. The normalized spacial score (nSPS) is 13.8. The number of nitrogens with one attached hydrogen (secondary N) is 2. The summed E-state index contributed by atoms with van der Waals surface area (Å²) in [4.78, 5) is 0. The van der Waals surface area contributed by atoms with E-state index in [1.807, 2.05) is 0 Å². The first-order valence-corrected chi connectivity index (χ1v) is 14.5. The topological polar surface area (TPSA) is 24.1 Å². The Hall–Kier alpha value is -0.920. The number of rotatable bonds is 25. The minimum absolute atomic E-state index is 0.594. The molecule has 0 saturated heterocycles. The van der Waals surface area contributed by atoms with Crippen LogP contribution in [-0.2, 0) is 0 Å². The van der Waals surface area contributed by atoms with Crippen LogP contribution in [0, 0.1) is 5.92 Å². The molecular formula is C30H60N2. The van der Waals surface area contributed by atoms with E-state index >= 15 is 0 Å². The van der Waals surface area contributed by atoms with Crippen LogP contribution in [0.15, 0.2) is 24.6 Å². The quantitative estimate of drug-likeness (QED) is 0.136. The fraction of sp³-hybridized carbons (Fsp3) is 0.867. The zero-order valence-corrected chi connectivity index (χ0v) is 22.6. The molecule has 0 rings (SSSR count). The molecule has 2 unspecified atom stereocenters. The lowest BCUT2D eigenvalue weighted by atomic mass is 9.97. The zero-order chi connectivity index (χ0) is 23.5. The average Bonchev–Trinajstić information content (AvgIpc) is 2.79. The van der Waals surface area contributed by atoms with E-state index < -0.39 is 0 Å². The van der Waals surface area contributed by atoms with Crippen LogP contribution in [0.4, 0.5) is 0 Å². The monoisotopic (exact) mass is 448 g/mol. The molecule has 0 heterocycles. The van der Waals surface area contributed by atoms with Crippen LogP contribution in [0.3, 0.4) is 0 Å². The minimum atomic E-state index is 0.594.